The third-order valence-corrected chi connectivity index (χ3v) is 2.45. The van der Waals surface area contributed by atoms with Gasteiger partial charge in [0.25, 0.3) is 0 Å². The van der Waals surface area contributed by atoms with Crippen LogP contribution in [-0.4, -0.2) is 43.1 Å². The van der Waals surface area contributed by atoms with Crippen molar-refractivity contribution in [2.75, 3.05) is 25.2 Å². The molecule has 0 atom stereocenters. The highest BCUT2D eigenvalue weighted by Crippen LogP contribution is 2.22. The molecule has 0 unspecified atom stereocenters. The van der Waals surface area contributed by atoms with Crippen LogP contribution in [0, 0.1) is 0 Å². The predicted molar refractivity (Wildman–Crippen MR) is 59.1 cm³/mol. The molecule has 0 aliphatic heterocycles. The molecule has 0 saturated heterocycles. The van der Waals surface area contributed by atoms with Crippen LogP contribution in [0.1, 0.15) is 13.3 Å². The minimum atomic E-state index is -4.19. The number of esters is 1. The topological polar surface area (TPSA) is 47.9 Å². The summed E-state index contributed by atoms with van der Waals surface area (Å²) in [5.41, 5.74) is -0.0264. The van der Waals surface area contributed by atoms with E-state index in [1.165, 1.54) is 7.11 Å². The van der Waals surface area contributed by atoms with Crippen LogP contribution in [0.4, 0.5) is 13.2 Å². The third-order valence-electron chi connectivity index (χ3n) is 1.48. The first-order valence-electron chi connectivity index (χ1n) is 4.82. The second-order valence-electron chi connectivity index (χ2n) is 2.86. The van der Waals surface area contributed by atoms with Gasteiger partial charge in [-0.05, 0) is 6.92 Å². The van der Waals surface area contributed by atoms with Crippen molar-refractivity contribution in [1.29, 1.82) is 0 Å². The average molecular weight is 273 g/mol. The lowest BCUT2D eigenvalue weighted by atomic mass is 10.4. The van der Waals surface area contributed by atoms with Gasteiger partial charge in [0.2, 0.25) is 0 Å². The number of rotatable bonds is 7. The van der Waals surface area contributed by atoms with E-state index in [4.69, 9.17) is 0 Å². The van der Waals surface area contributed by atoms with Crippen molar-refractivity contribution in [2.45, 2.75) is 19.5 Å². The first kappa shape index (κ1) is 16.1. The van der Waals surface area contributed by atoms with Crippen molar-refractivity contribution >= 4 is 23.4 Å². The molecule has 0 spiro atoms. The van der Waals surface area contributed by atoms with Crippen LogP contribution in [0.2, 0.25) is 0 Å². The molecule has 0 heterocycles. The van der Waals surface area contributed by atoms with Gasteiger partial charge in [-0.15, -0.1) is 0 Å². The van der Waals surface area contributed by atoms with E-state index in [1.54, 1.807) is 6.92 Å². The quantitative estimate of drug-likeness (QED) is 0.309. The van der Waals surface area contributed by atoms with Crippen molar-refractivity contribution in [3.63, 3.8) is 0 Å². The molecule has 0 amide bonds. The van der Waals surface area contributed by atoms with E-state index in [9.17, 15) is 18.0 Å². The van der Waals surface area contributed by atoms with Gasteiger partial charge in [0, 0.05) is 11.5 Å². The molecule has 0 bridgehead atoms. The van der Waals surface area contributed by atoms with E-state index in [1.807, 2.05) is 0 Å². The minimum absolute atomic E-state index is 0.0264. The standard InChI is InChI=1S/C9H14F3NO3S/c1-3-16-8(14)7(13-15-2)6-17-5-4-9(10,11)12/h3-6H2,1-2H3/b13-7+. The average Bonchev–Trinajstić information content (AvgIpc) is 2.21. The molecule has 0 saturated carbocycles. The van der Waals surface area contributed by atoms with Crippen LogP contribution in [0.3, 0.4) is 0 Å². The molecule has 0 aromatic carbocycles. The first-order valence-corrected chi connectivity index (χ1v) is 5.97. The van der Waals surface area contributed by atoms with Gasteiger partial charge in [0.1, 0.15) is 7.11 Å². The highest BCUT2D eigenvalue weighted by atomic mass is 32.2. The lowest BCUT2D eigenvalue weighted by Gasteiger charge is -2.07. The number of hydrogen-bond acceptors (Lipinski definition) is 5. The molecule has 100 valence electrons. The maximum Gasteiger partial charge on any atom is 0.389 e. The first-order chi connectivity index (χ1) is 7.90. The van der Waals surface area contributed by atoms with Crippen LogP contribution >= 0.6 is 11.8 Å². The number of ether oxygens (including phenoxy) is 1. The van der Waals surface area contributed by atoms with Crippen LogP contribution in [0.5, 0.6) is 0 Å². The molecule has 0 radical (unpaired) electrons. The number of alkyl halides is 3. The Balaban J connectivity index is 4.03. The van der Waals surface area contributed by atoms with E-state index in [2.05, 4.69) is 14.7 Å². The predicted octanol–water partition coefficient (Wildman–Crippen LogP) is 2.24. The smallest absolute Gasteiger partial charge is 0.389 e. The summed E-state index contributed by atoms with van der Waals surface area (Å²) in [5.74, 6) is -0.775. The monoisotopic (exact) mass is 273 g/mol. The molecule has 8 heteroatoms. The Morgan fingerprint density at radius 3 is 2.53 bits per heavy atom. The van der Waals surface area contributed by atoms with Crippen molar-refractivity contribution in [1.82, 2.24) is 0 Å². The highest BCUT2D eigenvalue weighted by Gasteiger charge is 2.26. The number of thioether (sulfide) groups is 1. The summed E-state index contributed by atoms with van der Waals surface area (Å²) in [4.78, 5) is 15.7. The normalized spacial score (nSPS) is 12.4. The van der Waals surface area contributed by atoms with Crippen LogP contribution in [-0.2, 0) is 14.4 Å². The Morgan fingerprint density at radius 2 is 2.06 bits per heavy atom. The van der Waals surface area contributed by atoms with Gasteiger partial charge < -0.3 is 9.57 Å². The number of nitrogens with zero attached hydrogens (tertiary/aromatic N) is 1. The van der Waals surface area contributed by atoms with Crippen LogP contribution in [0.15, 0.2) is 5.16 Å². The van der Waals surface area contributed by atoms with E-state index in [-0.39, 0.29) is 23.8 Å². The molecule has 4 nitrogen and oxygen atoms in total. The number of halogens is 3. The Kier molecular flexibility index (Phi) is 7.77. The van der Waals surface area contributed by atoms with Crippen LogP contribution in [0.25, 0.3) is 0 Å². The Bertz CT molecular complexity index is 269. The van der Waals surface area contributed by atoms with Crippen molar-refractivity contribution < 1.29 is 27.5 Å². The zero-order valence-electron chi connectivity index (χ0n) is 9.54. The summed E-state index contributed by atoms with van der Waals surface area (Å²) in [5, 5.41) is 3.42. The molecular formula is C9H14F3NO3S. The zero-order chi connectivity index (χ0) is 13.3. The fourth-order valence-corrected chi connectivity index (χ4v) is 1.69. The third kappa shape index (κ3) is 8.84. The summed E-state index contributed by atoms with van der Waals surface area (Å²) >= 11 is 0.951. The number of carbonyl (C=O) groups excluding carboxylic acids is 1. The lowest BCUT2D eigenvalue weighted by Crippen LogP contribution is -2.21. The van der Waals surface area contributed by atoms with Gasteiger partial charge in [-0.3, -0.25) is 0 Å². The summed E-state index contributed by atoms with van der Waals surface area (Å²) in [7, 11) is 1.25. The van der Waals surface area contributed by atoms with Gasteiger partial charge in [-0.1, -0.05) is 5.16 Å². The van der Waals surface area contributed by atoms with Gasteiger partial charge >= 0.3 is 12.1 Å². The number of oxime groups is 1. The molecule has 17 heavy (non-hydrogen) atoms. The van der Waals surface area contributed by atoms with Crippen molar-refractivity contribution in [3.05, 3.63) is 0 Å². The highest BCUT2D eigenvalue weighted by molar-refractivity contribution is 8.00. The van der Waals surface area contributed by atoms with Crippen LogP contribution < -0.4 is 0 Å². The molecular weight excluding hydrogens is 259 g/mol. The summed E-state index contributed by atoms with van der Waals surface area (Å²) < 4.78 is 40.2. The van der Waals surface area contributed by atoms with Gasteiger partial charge in [-0.25, -0.2) is 4.79 Å². The summed E-state index contributed by atoms with van der Waals surface area (Å²) in [6, 6.07) is 0. The van der Waals surface area contributed by atoms with E-state index < -0.39 is 18.6 Å². The summed E-state index contributed by atoms with van der Waals surface area (Å²) in [6.07, 6.45) is -5.09. The molecule has 0 N–H and O–H groups in total. The lowest BCUT2D eigenvalue weighted by molar-refractivity contribution is -0.135. The maximum absolute atomic E-state index is 11.8. The molecule has 0 aromatic heterocycles. The second-order valence-corrected chi connectivity index (χ2v) is 3.96. The fraction of sp³-hybridized carbons (Fsp3) is 0.778. The molecule has 0 rings (SSSR count). The second kappa shape index (κ2) is 8.21. The number of hydrogen-bond donors (Lipinski definition) is 0. The Morgan fingerprint density at radius 1 is 1.41 bits per heavy atom. The van der Waals surface area contributed by atoms with Crippen molar-refractivity contribution in [2.24, 2.45) is 5.16 Å². The Labute approximate surface area is 102 Å². The van der Waals surface area contributed by atoms with Crippen molar-refractivity contribution in [3.8, 4) is 0 Å². The van der Waals surface area contributed by atoms with Gasteiger partial charge in [0.15, 0.2) is 5.71 Å². The molecule has 0 fully saturated rings. The minimum Gasteiger partial charge on any atom is -0.461 e. The molecule has 0 aliphatic rings. The van der Waals surface area contributed by atoms with Gasteiger partial charge in [0.05, 0.1) is 13.0 Å². The van der Waals surface area contributed by atoms with E-state index in [0.29, 0.717) is 0 Å². The Hall–Kier alpha value is -0.920. The summed E-state index contributed by atoms with van der Waals surface area (Å²) in [6.45, 7) is 1.80. The van der Waals surface area contributed by atoms with E-state index >= 15 is 0 Å². The number of carbonyl (C=O) groups is 1. The SMILES string of the molecule is CCOC(=O)/C(CSCCC(F)(F)F)=N/OC. The van der Waals surface area contributed by atoms with E-state index in [0.717, 1.165) is 11.8 Å². The largest absolute Gasteiger partial charge is 0.461 e. The molecule has 0 aliphatic carbocycles. The molecule has 0 aromatic rings. The van der Waals surface area contributed by atoms with Gasteiger partial charge in [-0.2, -0.15) is 24.9 Å². The zero-order valence-corrected chi connectivity index (χ0v) is 10.4. The fourth-order valence-electron chi connectivity index (χ4n) is 0.804. The maximum atomic E-state index is 11.8.